The van der Waals surface area contributed by atoms with Gasteiger partial charge in [0.2, 0.25) is 5.91 Å². The largest absolute Gasteiger partial charge is 0.472 e. The van der Waals surface area contributed by atoms with Crippen molar-refractivity contribution >= 4 is 13.7 Å². The molecule has 0 aromatic heterocycles. The number of phosphoric ester groups is 1. The fourth-order valence-corrected chi connectivity index (χ4v) is 5.98. The van der Waals surface area contributed by atoms with Crippen LogP contribution in [0, 0.1) is 0 Å². The van der Waals surface area contributed by atoms with E-state index in [9.17, 15) is 19.4 Å². The van der Waals surface area contributed by atoms with E-state index in [1.54, 1.807) is 13.0 Å². The first-order chi connectivity index (χ1) is 21.5. The average Bonchev–Trinajstić information content (AvgIpc) is 2.98. The van der Waals surface area contributed by atoms with Gasteiger partial charge in [0.1, 0.15) is 13.2 Å². The third-order valence-corrected chi connectivity index (χ3v) is 9.31. The fraction of sp³-hybridized carbons (Fsp3) is 0.917. The van der Waals surface area contributed by atoms with Crippen LogP contribution in [-0.2, 0) is 18.4 Å². The number of quaternary nitrogens is 1. The van der Waals surface area contributed by atoms with Crippen molar-refractivity contribution in [3.05, 3.63) is 12.2 Å². The van der Waals surface area contributed by atoms with Gasteiger partial charge >= 0.3 is 7.82 Å². The molecule has 0 aliphatic rings. The summed E-state index contributed by atoms with van der Waals surface area (Å²) in [6.07, 6.45) is 32.2. The van der Waals surface area contributed by atoms with Crippen LogP contribution in [-0.4, -0.2) is 73.4 Å². The zero-order chi connectivity index (χ0) is 33.7. The Bertz CT molecular complexity index is 758. The molecular weight excluding hydrogens is 587 g/mol. The highest BCUT2D eigenvalue weighted by atomic mass is 31.2. The third kappa shape index (κ3) is 31.6. The first-order valence-electron chi connectivity index (χ1n) is 18.6. The lowest BCUT2D eigenvalue weighted by Crippen LogP contribution is -2.45. The van der Waals surface area contributed by atoms with Crippen LogP contribution in [0.4, 0.5) is 0 Å². The number of amides is 1. The van der Waals surface area contributed by atoms with Crippen molar-refractivity contribution in [1.82, 2.24) is 5.32 Å². The summed E-state index contributed by atoms with van der Waals surface area (Å²) in [6, 6.07) is -0.837. The van der Waals surface area contributed by atoms with Gasteiger partial charge in [0.05, 0.1) is 39.9 Å². The van der Waals surface area contributed by atoms with Crippen LogP contribution < -0.4 is 5.32 Å². The summed E-state index contributed by atoms with van der Waals surface area (Å²) in [5.41, 5.74) is 0. The van der Waals surface area contributed by atoms with Crippen molar-refractivity contribution in [2.45, 2.75) is 174 Å². The lowest BCUT2D eigenvalue weighted by molar-refractivity contribution is -0.870. The predicted molar refractivity (Wildman–Crippen MR) is 189 cm³/mol. The number of aliphatic hydroxyl groups excluding tert-OH is 1. The van der Waals surface area contributed by atoms with E-state index in [0.717, 1.165) is 19.3 Å². The number of aliphatic hydroxyl groups is 1. The van der Waals surface area contributed by atoms with Crippen LogP contribution in [0.2, 0.25) is 0 Å². The highest BCUT2D eigenvalue weighted by Crippen LogP contribution is 2.43. The highest BCUT2D eigenvalue weighted by molar-refractivity contribution is 7.47. The number of nitrogens with zero attached hydrogens (tertiary/aromatic N) is 1. The molecule has 0 saturated heterocycles. The monoisotopic (exact) mass is 662 g/mol. The molecule has 1 amide bonds. The van der Waals surface area contributed by atoms with Crippen LogP contribution >= 0.6 is 7.82 Å². The van der Waals surface area contributed by atoms with Gasteiger partial charge in [0.25, 0.3) is 0 Å². The van der Waals surface area contributed by atoms with E-state index >= 15 is 0 Å². The molecule has 3 unspecified atom stereocenters. The van der Waals surface area contributed by atoms with Crippen molar-refractivity contribution in [3.8, 4) is 0 Å². The van der Waals surface area contributed by atoms with Gasteiger partial charge < -0.3 is 19.8 Å². The smallest absolute Gasteiger partial charge is 0.387 e. The van der Waals surface area contributed by atoms with Gasteiger partial charge in [-0.3, -0.25) is 13.8 Å². The Kier molecular flexibility index (Phi) is 28.9. The van der Waals surface area contributed by atoms with E-state index in [4.69, 9.17) is 9.05 Å². The Labute approximate surface area is 278 Å². The number of unbranched alkanes of at least 4 members (excludes halogenated alkanes) is 21. The molecule has 3 N–H and O–H groups in total. The first kappa shape index (κ1) is 44.2. The Morgan fingerprint density at radius 1 is 0.733 bits per heavy atom. The number of likely N-dealkylation sites (N-methyl/N-ethyl adjacent to an activating group) is 1. The minimum atomic E-state index is -4.29. The first-order valence-corrected chi connectivity index (χ1v) is 20.1. The second-order valence-corrected chi connectivity index (χ2v) is 15.4. The number of hydrogen-bond donors (Lipinski definition) is 3. The zero-order valence-corrected chi connectivity index (χ0v) is 31.0. The number of carbonyl (C=O) groups is 1. The van der Waals surface area contributed by atoms with Gasteiger partial charge in [-0.2, -0.15) is 0 Å². The molecule has 8 nitrogen and oxygen atoms in total. The summed E-state index contributed by atoms with van der Waals surface area (Å²) in [7, 11) is 1.57. The standard InChI is InChI=1S/C36H73N2O6P/c1-6-8-9-10-11-12-13-14-15-16-17-18-19-20-21-22-23-24-25-26-27-28-29-30-35(39)34(37-36(40)7-2)33-44-45(41,42)43-32-31-38(3,4)5/h29-30,34-35,39H,6-28,31-33H2,1-5H3,(H-,37,40,41,42)/p+1/b30-29+. The number of allylic oxidation sites excluding steroid dienone is 1. The number of phosphoric acid groups is 1. The molecule has 0 fully saturated rings. The molecule has 3 atom stereocenters. The SMILES string of the molecule is CCCCCCCCCCCCCCCCCCCCCCC/C=C/C(O)C(COP(=O)(O)OCC[N+](C)(C)C)NC(=O)CC. The summed E-state index contributed by atoms with van der Waals surface area (Å²) >= 11 is 0. The van der Waals surface area contributed by atoms with Gasteiger partial charge in [0, 0.05) is 6.42 Å². The van der Waals surface area contributed by atoms with Crippen molar-refractivity contribution in [2.24, 2.45) is 0 Å². The average molecular weight is 662 g/mol. The Morgan fingerprint density at radius 2 is 1.16 bits per heavy atom. The molecule has 0 heterocycles. The highest BCUT2D eigenvalue weighted by Gasteiger charge is 2.27. The van der Waals surface area contributed by atoms with E-state index in [2.05, 4.69) is 12.2 Å². The molecule has 0 aromatic carbocycles. The summed E-state index contributed by atoms with van der Waals surface area (Å²) in [4.78, 5) is 21.9. The lowest BCUT2D eigenvalue weighted by Gasteiger charge is -2.25. The van der Waals surface area contributed by atoms with Gasteiger partial charge in [-0.15, -0.1) is 0 Å². The van der Waals surface area contributed by atoms with E-state index in [1.165, 1.54) is 122 Å². The van der Waals surface area contributed by atoms with Gasteiger partial charge in [-0.1, -0.05) is 154 Å². The molecule has 0 aromatic rings. The van der Waals surface area contributed by atoms with E-state index in [1.807, 2.05) is 27.2 Å². The second kappa shape index (κ2) is 29.4. The van der Waals surface area contributed by atoms with Crippen molar-refractivity contribution in [1.29, 1.82) is 0 Å². The molecule has 0 bridgehead atoms. The maximum absolute atomic E-state index is 12.2. The molecule has 268 valence electrons. The van der Waals surface area contributed by atoms with Crippen LogP contribution in [0.3, 0.4) is 0 Å². The molecule has 0 aliphatic carbocycles. The number of rotatable bonds is 33. The Hall–Kier alpha value is -0.760. The lowest BCUT2D eigenvalue weighted by atomic mass is 10.0. The molecule has 0 saturated carbocycles. The topological polar surface area (TPSA) is 105 Å². The van der Waals surface area contributed by atoms with Crippen LogP contribution in [0.1, 0.15) is 162 Å². The van der Waals surface area contributed by atoms with Crippen molar-refractivity contribution in [3.63, 3.8) is 0 Å². The summed E-state index contributed by atoms with van der Waals surface area (Å²) in [5.74, 6) is -0.265. The minimum absolute atomic E-state index is 0.0607. The summed E-state index contributed by atoms with van der Waals surface area (Å²) < 4.78 is 23.0. The second-order valence-electron chi connectivity index (χ2n) is 13.9. The van der Waals surface area contributed by atoms with E-state index in [0.29, 0.717) is 11.0 Å². The van der Waals surface area contributed by atoms with Crippen LogP contribution in [0.15, 0.2) is 12.2 Å². The maximum atomic E-state index is 12.2. The third-order valence-electron chi connectivity index (χ3n) is 8.32. The number of nitrogens with one attached hydrogen (secondary N) is 1. The Balaban J connectivity index is 3.84. The molecule has 45 heavy (non-hydrogen) atoms. The van der Waals surface area contributed by atoms with Crippen LogP contribution in [0.5, 0.6) is 0 Å². The van der Waals surface area contributed by atoms with Crippen molar-refractivity contribution < 1.29 is 32.9 Å². The number of carbonyl (C=O) groups excluding carboxylic acids is 1. The van der Waals surface area contributed by atoms with Gasteiger partial charge in [-0.05, 0) is 12.8 Å². The predicted octanol–water partition coefficient (Wildman–Crippen LogP) is 9.24. The Morgan fingerprint density at radius 3 is 1.56 bits per heavy atom. The zero-order valence-electron chi connectivity index (χ0n) is 30.1. The molecular formula is C36H74N2O6P+. The van der Waals surface area contributed by atoms with E-state index < -0.39 is 20.0 Å². The van der Waals surface area contributed by atoms with Gasteiger partial charge in [-0.25, -0.2) is 4.57 Å². The summed E-state index contributed by atoms with van der Waals surface area (Å²) in [5, 5.41) is 13.3. The molecule has 0 rings (SSSR count). The van der Waals surface area contributed by atoms with Gasteiger partial charge in [0.15, 0.2) is 0 Å². The van der Waals surface area contributed by atoms with E-state index in [-0.39, 0.29) is 25.5 Å². The molecule has 0 radical (unpaired) electrons. The summed E-state index contributed by atoms with van der Waals surface area (Å²) in [6.45, 7) is 4.26. The minimum Gasteiger partial charge on any atom is -0.387 e. The normalized spacial score (nSPS) is 14.9. The van der Waals surface area contributed by atoms with Crippen molar-refractivity contribution in [2.75, 3.05) is 40.9 Å². The van der Waals surface area contributed by atoms with Crippen LogP contribution in [0.25, 0.3) is 0 Å². The molecule has 9 heteroatoms. The molecule has 0 spiro atoms. The molecule has 0 aliphatic heterocycles. The number of hydrogen-bond acceptors (Lipinski definition) is 5. The fourth-order valence-electron chi connectivity index (χ4n) is 5.24. The quantitative estimate of drug-likeness (QED) is 0.0280. The maximum Gasteiger partial charge on any atom is 0.472 e.